The summed E-state index contributed by atoms with van der Waals surface area (Å²) in [7, 11) is 0. The number of Topliss-reactive ketones (excluding diaryl/α,β-unsaturated/α-hetero) is 1. The Hall–Kier alpha value is -1.31. The standard InChI is InChI=1S/C8H8O.C6H4Cl2/c1-7(9)8-5-3-2-4-6-8;7-5-2-1-3-6(8)4-5/h2-6H,1H3;1-4H. The third-order valence-electron chi connectivity index (χ3n) is 1.97. The number of rotatable bonds is 1. The monoisotopic (exact) mass is 266 g/mol. The molecular weight excluding hydrogens is 255 g/mol. The summed E-state index contributed by atoms with van der Waals surface area (Å²) in [4.78, 5) is 10.6. The van der Waals surface area contributed by atoms with Crippen molar-refractivity contribution in [2.24, 2.45) is 0 Å². The zero-order chi connectivity index (χ0) is 12.7. The molecule has 0 unspecified atom stereocenters. The number of hydrogen-bond acceptors (Lipinski definition) is 1. The highest BCUT2D eigenvalue weighted by Gasteiger charge is 1.92. The van der Waals surface area contributed by atoms with Crippen LogP contribution in [0.3, 0.4) is 0 Å². The van der Waals surface area contributed by atoms with Crippen LogP contribution in [0, 0.1) is 0 Å². The Bertz CT molecular complexity index is 463. The number of halogens is 2. The van der Waals surface area contributed by atoms with Crippen molar-refractivity contribution in [3.8, 4) is 0 Å². The fourth-order valence-electron chi connectivity index (χ4n) is 1.13. The molecule has 17 heavy (non-hydrogen) atoms. The van der Waals surface area contributed by atoms with Crippen LogP contribution in [0.5, 0.6) is 0 Å². The minimum absolute atomic E-state index is 0.121. The van der Waals surface area contributed by atoms with E-state index in [0.717, 1.165) is 5.56 Å². The Balaban J connectivity index is 0.000000171. The van der Waals surface area contributed by atoms with Gasteiger partial charge in [-0.25, -0.2) is 0 Å². The zero-order valence-corrected chi connectivity index (χ0v) is 10.9. The number of benzene rings is 2. The molecular formula is C14H12Cl2O. The summed E-state index contributed by atoms with van der Waals surface area (Å²) >= 11 is 11.1. The van der Waals surface area contributed by atoms with Crippen molar-refractivity contribution in [2.45, 2.75) is 6.92 Å². The van der Waals surface area contributed by atoms with Crippen molar-refractivity contribution in [3.63, 3.8) is 0 Å². The summed E-state index contributed by atoms with van der Waals surface area (Å²) < 4.78 is 0. The lowest BCUT2D eigenvalue weighted by molar-refractivity contribution is 0.101. The van der Waals surface area contributed by atoms with E-state index in [9.17, 15) is 4.79 Å². The number of hydrogen-bond donors (Lipinski definition) is 0. The van der Waals surface area contributed by atoms with Gasteiger partial charge in [-0.05, 0) is 25.1 Å². The highest BCUT2D eigenvalue weighted by molar-refractivity contribution is 6.34. The molecule has 0 aliphatic carbocycles. The van der Waals surface area contributed by atoms with Crippen molar-refractivity contribution < 1.29 is 4.79 Å². The highest BCUT2D eigenvalue weighted by Crippen LogP contribution is 2.13. The van der Waals surface area contributed by atoms with Gasteiger partial charge in [-0.15, -0.1) is 0 Å². The first-order valence-corrected chi connectivity index (χ1v) is 5.82. The molecule has 1 nitrogen and oxygen atoms in total. The lowest BCUT2D eigenvalue weighted by Gasteiger charge is -1.89. The van der Waals surface area contributed by atoms with E-state index < -0.39 is 0 Å². The van der Waals surface area contributed by atoms with Crippen molar-refractivity contribution in [1.82, 2.24) is 0 Å². The summed E-state index contributed by atoms with van der Waals surface area (Å²) in [6.07, 6.45) is 0. The van der Waals surface area contributed by atoms with Crippen LogP contribution in [0.15, 0.2) is 54.6 Å². The molecule has 0 N–H and O–H groups in total. The minimum atomic E-state index is 0.121. The van der Waals surface area contributed by atoms with Crippen LogP contribution in [0.25, 0.3) is 0 Å². The summed E-state index contributed by atoms with van der Waals surface area (Å²) in [6, 6.07) is 16.3. The Morgan fingerprint density at radius 3 is 1.71 bits per heavy atom. The van der Waals surface area contributed by atoms with Crippen LogP contribution in [0.2, 0.25) is 10.0 Å². The maximum Gasteiger partial charge on any atom is 0.159 e. The van der Waals surface area contributed by atoms with E-state index in [1.54, 1.807) is 25.1 Å². The molecule has 0 saturated carbocycles. The lowest BCUT2D eigenvalue weighted by Crippen LogP contribution is -1.88. The van der Waals surface area contributed by atoms with E-state index in [2.05, 4.69) is 0 Å². The van der Waals surface area contributed by atoms with E-state index in [4.69, 9.17) is 23.2 Å². The quantitative estimate of drug-likeness (QED) is 0.673. The van der Waals surface area contributed by atoms with Crippen LogP contribution < -0.4 is 0 Å². The second-order valence-electron chi connectivity index (χ2n) is 3.36. The third kappa shape index (κ3) is 5.53. The smallest absolute Gasteiger partial charge is 0.159 e. The molecule has 0 amide bonds. The largest absolute Gasteiger partial charge is 0.295 e. The van der Waals surface area contributed by atoms with Gasteiger partial charge < -0.3 is 0 Å². The van der Waals surface area contributed by atoms with Crippen LogP contribution >= 0.6 is 23.2 Å². The fourth-order valence-corrected chi connectivity index (χ4v) is 1.57. The second kappa shape index (κ2) is 7.10. The summed E-state index contributed by atoms with van der Waals surface area (Å²) in [5, 5.41) is 1.36. The summed E-state index contributed by atoms with van der Waals surface area (Å²) in [5.74, 6) is 0.121. The van der Waals surface area contributed by atoms with Gasteiger partial charge in [0.1, 0.15) is 0 Å². The highest BCUT2D eigenvalue weighted by atomic mass is 35.5. The number of ketones is 1. The predicted molar refractivity (Wildman–Crippen MR) is 72.9 cm³/mol. The predicted octanol–water partition coefficient (Wildman–Crippen LogP) is 4.88. The molecule has 0 radical (unpaired) electrons. The molecule has 2 rings (SSSR count). The van der Waals surface area contributed by atoms with Crippen molar-refractivity contribution in [1.29, 1.82) is 0 Å². The number of carbonyl (C=O) groups excluding carboxylic acids is 1. The molecule has 3 heteroatoms. The fraction of sp³-hybridized carbons (Fsp3) is 0.0714. The van der Waals surface area contributed by atoms with Crippen molar-refractivity contribution in [3.05, 3.63) is 70.2 Å². The van der Waals surface area contributed by atoms with E-state index >= 15 is 0 Å². The first-order valence-electron chi connectivity index (χ1n) is 5.06. The molecule has 88 valence electrons. The van der Waals surface area contributed by atoms with Gasteiger partial charge in [0.05, 0.1) is 0 Å². The van der Waals surface area contributed by atoms with Crippen LogP contribution in [0.4, 0.5) is 0 Å². The molecule has 2 aromatic rings. The SMILES string of the molecule is CC(=O)c1ccccc1.Clc1cccc(Cl)c1. The molecule has 2 aromatic carbocycles. The van der Waals surface area contributed by atoms with E-state index in [0.29, 0.717) is 10.0 Å². The first-order chi connectivity index (χ1) is 8.09. The molecule has 0 aromatic heterocycles. The molecule has 0 bridgehead atoms. The molecule has 0 aliphatic heterocycles. The van der Waals surface area contributed by atoms with E-state index in [1.807, 2.05) is 36.4 Å². The van der Waals surface area contributed by atoms with Gasteiger partial charge in [-0.2, -0.15) is 0 Å². The first kappa shape index (κ1) is 13.8. The molecule has 0 spiro atoms. The number of carbonyl (C=O) groups is 1. The maximum atomic E-state index is 10.6. The molecule has 0 saturated heterocycles. The van der Waals surface area contributed by atoms with Gasteiger partial charge in [0.2, 0.25) is 0 Å². The average molecular weight is 267 g/mol. The van der Waals surface area contributed by atoms with Gasteiger partial charge in [0.25, 0.3) is 0 Å². The topological polar surface area (TPSA) is 17.1 Å². The second-order valence-corrected chi connectivity index (χ2v) is 4.23. The maximum absolute atomic E-state index is 10.6. The summed E-state index contributed by atoms with van der Waals surface area (Å²) in [6.45, 7) is 1.56. The minimum Gasteiger partial charge on any atom is -0.295 e. The normalized spacial score (nSPS) is 9.12. The summed E-state index contributed by atoms with van der Waals surface area (Å²) in [5.41, 5.74) is 0.775. The van der Waals surface area contributed by atoms with Crippen LogP contribution in [-0.2, 0) is 0 Å². The van der Waals surface area contributed by atoms with E-state index in [1.165, 1.54) is 0 Å². The van der Waals surface area contributed by atoms with Crippen molar-refractivity contribution in [2.75, 3.05) is 0 Å². The Morgan fingerprint density at radius 1 is 0.882 bits per heavy atom. The van der Waals surface area contributed by atoms with Crippen LogP contribution in [0.1, 0.15) is 17.3 Å². The molecule has 0 heterocycles. The zero-order valence-electron chi connectivity index (χ0n) is 9.36. The Morgan fingerprint density at radius 2 is 1.41 bits per heavy atom. The Kier molecular flexibility index (Phi) is 5.75. The molecule has 0 atom stereocenters. The van der Waals surface area contributed by atoms with Gasteiger partial charge in [-0.3, -0.25) is 4.79 Å². The Labute approximate surface area is 111 Å². The molecule has 0 fully saturated rings. The van der Waals surface area contributed by atoms with Gasteiger partial charge >= 0.3 is 0 Å². The van der Waals surface area contributed by atoms with Crippen molar-refractivity contribution >= 4 is 29.0 Å². The third-order valence-corrected chi connectivity index (χ3v) is 2.44. The average Bonchev–Trinajstić information content (AvgIpc) is 2.30. The van der Waals surface area contributed by atoms with Gasteiger partial charge in [-0.1, -0.05) is 59.6 Å². The lowest BCUT2D eigenvalue weighted by atomic mass is 10.2. The van der Waals surface area contributed by atoms with Gasteiger partial charge in [0.15, 0.2) is 5.78 Å². The van der Waals surface area contributed by atoms with E-state index in [-0.39, 0.29) is 5.78 Å². The molecule has 0 aliphatic rings. The van der Waals surface area contributed by atoms with Crippen LogP contribution in [-0.4, -0.2) is 5.78 Å². The van der Waals surface area contributed by atoms with Gasteiger partial charge in [0, 0.05) is 15.6 Å².